The third kappa shape index (κ3) is 3.88. The molecule has 1 rings (SSSR count). The molecule has 0 fully saturated rings. The van der Waals surface area contributed by atoms with Gasteiger partial charge in [-0.3, -0.25) is 4.79 Å². The van der Waals surface area contributed by atoms with E-state index in [0.29, 0.717) is 17.1 Å². The average molecular weight is 281 g/mol. The zero-order valence-corrected chi connectivity index (χ0v) is 12.1. The molecule has 110 valence electrons. The highest BCUT2D eigenvalue weighted by molar-refractivity contribution is 5.97. The third-order valence-corrected chi connectivity index (χ3v) is 2.63. The first-order valence-corrected chi connectivity index (χ1v) is 6.23. The number of carbonyl (C=O) groups excluding carboxylic acids is 2. The molecular formula is C14H19NO5. The lowest BCUT2D eigenvalue weighted by Crippen LogP contribution is -2.39. The second kappa shape index (κ2) is 7.37. The van der Waals surface area contributed by atoms with Gasteiger partial charge >= 0.3 is 5.97 Å². The summed E-state index contributed by atoms with van der Waals surface area (Å²) in [6.45, 7) is 3.55. The fraction of sp³-hybridized carbons (Fsp3) is 0.429. The number of nitrogens with one attached hydrogen (secondary N) is 1. The summed E-state index contributed by atoms with van der Waals surface area (Å²) in [6.07, 6.45) is 0. The van der Waals surface area contributed by atoms with Crippen LogP contribution in [0.2, 0.25) is 0 Å². The Morgan fingerprint density at radius 1 is 1.20 bits per heavy atom. The Hall–Kier alpha value is -2.24. The Labute approximate surface area is 118 Å². The van der Waals surface area contributed by atoms with Gasteiger partial charge in [0.05, 0.1) is 20.8 Å². The second-order valence-electron chi connectivity index (χ2n) is 4.02. The topological polar surface area (TPSA) is 73.9 Å². The van der Waals surface area contributed by atoms with Gasteiger partial charge in [-0.25, -0.2) is 4.79 Å². The highest BCUT2D eigenvalue weighted by Crippen LogP contribution is 2.27. The van der Waals surface area contributed by atoms with Crippen molar-refractivity contribution in [2.75, 3.05) is 20.8 Å². The third-order valence-electron chi connectivity index (χ3n) is 2.63. The number of esters is 1. The zero-order valence-electron chi connectivity index (χ0n) is 12.1. The molecule has 0 saturated carbocycles. The number of amides is 1. The largest absolute Gasteiger partial charge is 0.493 e. The van der Waals surface area contributed by atoms with Crippen LogP contribution in [0.1, 0.15) is 24.2 Å². The van der Waals surface area contributed by atoms with Crippen molar-refractivity contribution in [2.45, 2.75) is 19.9 Å². The molecule has 0 radical (unpaired) electrons. The van der Waals surface area contributed by atoms with E-state index in [0.717, 1.165) is 0 Å². The number of ether oxygens (including phenoxy) is 3. The van der Waals surface area contributed by atoms with Gasteiger partial charge in [0.15, 0.2) is 11.5 Å². The summed E-state index contributed by atoms with van der Waals surface area (Å²) < 4.78 is 15.0. The van der Waals surface area contributed by atoms with Crippen molar-refractivity contribution in [3.8, 4) is 11.5 Å². The molecule has 0 aromatic heterocycles. The van der Waals surface area contributed by atoms with E-state index in [-0.39, 0.29) is 12.5 Å². The smallest absolute Gasteiger partial charge is 0.328 e. The molecule has 6 nitrogen and oxygen atoms in total. The molecule has 0 aliphatic heterocycles. The molecule has 0 unspecified atom stereocenters. The summed E-state index contributed by atoms with van der Waals surface area (Å²) in [6, 6.07) is 4.05. The van der Waals surface area contributed by atoms with E-state index >= 15 is 0 Å². The fourth-order valence-corrected chi connectivity index (χ4v) is 1.58. The molecule has 1 amide bonds. The summed E-state index contributed by atoms with van der Waals surface area (Å²) in [5, 5.41) is 2.56. The molecule has 0 bridgehead atoms. The molecule has 20 heavy (non-hydrogen) atoms. The van der Waals surface area contributed by atoms with Crippen molar-refractivity contribution < 1.29 is 23.8 Å². The molecule has 1 aromatic rings. The Morgan fingerprint density at radius 3 is 2.40 bits per heavy atom. The normalized spacial score (nSPS) is 11.4. The van der Waals surface area contributed by atoms with Crippen LogP contribution < -0.4 is 14.8 Å². The van der Waals surface area contributed by atoms with Crippen LogP contribution in [0.5, 0.6) is 11.5 Å². The predicted octanol–water partition coefficient (Wildman–Crippen LogP) is 1.39. The van der Waals surface area contributed by atoms with Crippen molar-refractivity contribution in [3.05, 3.63) is 23.8 Å². The summed E-state index contributed by atoms with van der Waals surface area (Å²) >= 11 is 0. The number of hydrogen-bond acceptors (Lipinski definition) is 5. The number of hydrogen-bond donors (Lipinski definition) is 1. The van der Waals surface area contributed by atoms with Crippen LogP contribution in [0, 0.1) is 0 Å². The minimum atomic E-state index is -0.712. The molecular weight excluding hydrogens is 262 g/mol. The van der Waals surface area contributed by atoms with Gasteiger partial charge in [-0.2, -0.15) is 0 Å². The van der Waals surface area contributed by atoms with Gasteiger partial charge in [0.1, 0.15) is 6.04 Å². The standard InChI is InChI=1S/C14H19NO5/c1-5-20-14(17)9(2)15-13(16)10-6-7-11(18-3)12(8-10)19-4/h6-9H,5H2,1-4H3,(H,15,16)/t9-/m1/s1. The van der Waals surface area contributed by atoms with Crippen LogP contribution >= 0.6 is 0 Å². The maximum Gasteiger partial charge on any atom is 0.328 e. The molecule has 0 saturated heterocycles. The molecule has 0 aliphatic carbocycles. The van der Waals surface area contributed by atoms with E-state index in [4.69, 9.17) is 14.2 Å². The zero-order chi connectivity index (χ0) is 15.1. The minimum Gasteiger partial charge on any atom is -0.493 e. The van der Waals surface area contributed by atoms with Crippen molar-refractivity contribution in [3.63, 3.8) is 0 Å². The average Bonchev–Trinajstić information content (AvgIpc) is 2.46. The number of benzene rings is 1. The number of methoxy groups -OCH3 is 2. The fourth-order valence-electron chi connectivity index (χ4n) is 1.58. The molecule has 1 N–H and O–H groups in total. The molecule has 0 spiro atoms. The lowest BCUT2D eigenvalue weighted by Gasteiger charge is -2.13. The SMILES string of the molecule is CCOC(=O)[C@@H](C)NC(=O)c1ccc(OC)c(OC)c1. The minimum absolute atomic E-state index is 0.273. The Morgan fingerprint density at radius 2 is 1.85 bits per heavy atom. The van der Waals surface area contributed by atoms with Crippen LogP contribution in [-0.4, -0.2) is 38.7 Å². The van der Waals surface area contributed by atoms with Gasteiger partial charge in [-0.05, 0) is 32.0 Å². The maximum atomic E-state index is 12.0. The van der Waals surface area contributed by atoms with Crippen LogP contribution in [0.25, 0.3) is 0 Å². The number of carbonyl (C=O) groups is 2. The molecule has 1 aromatic carbocycles. The van der Waals surface area contributed by atoms with Gasteiger partial charge in [0, 0.05) is 5.56 Å². The van der Waals surface area contributed by atoms with Crippen LogP contribution in [-0.2, 0) is 9.53 Å². The van der Waals surface area contributed by atoms with Crippen LogP contribution in [0.15, 0.2) is 18.2 Å². The van der Waals surface area contributed by atoms with Gasteiger partial charge in [0.25, 0.3) is 5.91 Å². The van der Waals surface area contributed by atoms with E-state index in [9.17, 15) is 9.59 Å². The first-order valence-electron chi connectivity index (χ1n) is 6.23. The van der Waals surface area contributed by atoms with Crippen LogP contribution in [0.3, 0.4) is 0 Å². The first-order chi connectivity index (χ1) is 9.53. The quantitative estimate of drug-likeness (QED) is 0.797. The molecule has 0 heterocycles. The lowest BCUT2D eigenvalue weighted by atomic mass is 10.1. The maximum absolute atomic E-state index is 12.0. The highest BCUT2D eigenvalue weighted by atomic mass is 16.5. The van der Waals surface area contributed by atoms with Gasteiger partial charge in [-0.1, -0.05) is 0 Å². The Kier molecular flexibility index (Phi) is 5.83. The summed E-state index contributed by atoms with van der Waals surface area (Å²) in [5.74, 6) is 0.124. The molecule has 0 aliphatic rings. The monoisotopic (exact) mass is 281 g/mol. The number of rotatable bonds is 6. The van der Waals surface area contributed by atoms with E-state index in [1.54, 1.807) is 32.0 Å². The van der Waals surface area contributed by atoms with E-state index < -0.39 is 12.0 Å². The Balaban J connectivity index is 2.80. The van der Waals surface area contributed by atoms with E-state index in [1.165, 1.54) is 14.2 Å². The molecule has 1 atom stereocenters. The molecule has 6 heteroatoms. The van der Waals surface area contributed by atoms with Crippen molar-refractivity contribution in [1.82, 2.24) is 5.32 Å². The predicted molar refractivity (Wildman–Crippen MR) is 73.1 cm³/mol. The van der Waals surface area contributed by atoms with Crippen molar-refractivity contribution in [1.29, 1.82) is 0 Å². The van der Waals surface area contributed by atoms with E-state index in [1.807, 2.05) is 0 Å². The van der Waals surface area contributed by atoms with Crippen LogP contribution in [0.4, 0.5) is 0 Å². The van der Waals surface area contributed by atoms with E-state index in [2.05, 4.69) is 5.32 Å². The highest BCUT2D eigenvalue weighted by Gasteiger charge is 2.18. The van der Waals surface area contributed by atoms with Gasteiger partial charge in [0.2, 0.25) is 0 Å². The van der Waals surface area contributed by atoms with Crippen molar-refractivity contribution >= 4 is 11.9 Å². The first kappa shape index (κ1) is 15.8. The van der Waals surface area contributed by atoms with Gasteiger partial charge < -0.3 is 19.5 Å². The van der Waals surface area contributed by atoms with Gasteiger partial charge in [-0.15, -0.1) is 0 Å². The lowest BCUT2D eigenvalue weighted by molar-refractivity contribution is -0.144. The summed E-state index contributed by atoms with van der Waals surface area (Å²) in [4.78, 5) is 23.5. The summed E-state index contributed by atoms with van der Waals surface area (Å²) in [5.41, 5.74) is 0.374. The Bertz CT molecular complexity index is 486. The summed E-state index contributed by atoms with van der Waals surface area (Å²) in [7, 11) is 3.00. The second-order valence-corrected chi connectivity index (χ2v) is 4.02. The van der Waals surface area contributed by atoms with Crippen molar-refractivity contribution in [2.24, 2.45) is 0 Å².